The Labute approximate surface area is 190 Å². The molecule has 0 unspecified atom stereocenters. The molecule has 1 amide bonds. The molecular formula is C23H23ClN6O2. The molecule has 0 atom stereocenters. The summed E-state index contributed by atoms with van der Waals surface area (Å²) >= 11 is 6.14. The summed E-state index contributed by atoms with van der Waals surface area (Å²) in [4.78, 5) is 17.5. The number of rotatable bonds is 6. The SMILES string of the molecule is COc1ncccc1-c1ccc(NC(=O)C2(c3cccc(Cl)c3)CC2)cc1/C(=N/N)NN. The van der Waals surface area contributed by atoms with E-state index in [4.69, 9.17) is 28.0 Å². The van der Waals surface area contributed by atoms with Crippen LogP contribution in [0.4, 0.5) is 5.69 Å². The fourth-order valence-electron chi connectivity index (χ4n) is 3.80. The van der Waals surface area contributed by atoms with Crippen molar-refractivity contribution in [2.45, 2.75) is 18.3 Å². The maximum Gasteiger partial charge on any atom is 0.235 e. The van der Waals surface area contributed by atoms with E-state index in [1.807, 2.05) is 36.4 Å². The van der Waals surface area contributed by atoms with Crippen LogP contribution in [0, 0.1) is 0 Å². The largest absolute Gasteiger partial charge is 0.481 e. The quantitative estimate of drug-likeness (QED) is 0.198. The van der Waals surface area contributed by atoms with Crippen molar-refractivity contribution >= 4 is 29.0 Å². The van der Waals surface area contributed by atoms with Crippen LogP contribution in [0.5, 0.6) is 5.88 Å². The Morgan fingerprint density at radius 1 is 1.16 bits per heavy atom. The minimum Gasteiger partial charge on any atom is -0.481 e. The number of methoxy groups -OCH3 is 1. The normalized spacial score (nSPS) is 14.5. The van der Waals surface area contributed by atoms with E-state index in [9.17, 15) is 4.79 Å². The van der Waals surface area contributed by atoms with Gasteiger partial charge >= 0.3 is 0 Å². The van der Waals surface area contributed by atoms with Gasteiger partial charge in [0, 0.05) is 28.0 Å². The number of hydrazone groups is 1. The van der Waals surface area contributed by atoms with E-state index >= 15 is 0 Å². The lowest BCUT2D eigenvalue weighted by atomic mass is 9.94. The molecule has 1 saturated carbocycles. The zero-order valence-electron chi connectivity index (χ0n) is 17.4. The van der Waals surface area contributed by atoms with Crippen LogP contribution in [0.15, 0.2) is 65.9 Å². The minimum absolute atomic E-state index is 0.0932. The molecule has 0 aliphatic heterocycles. The number of carbonyl (C=O) groups excluding carboxylic acids is 1. The van der Waals surface area contributed by atoms with Gasteiger partial charge in [0.15, 0.2) is 5.84 Å². The number of aromatic nitrogens is 1. The van der Waals surface area contributed by atoms with E-state index in [2.05, 4.69) is 20.8 Å². The minimum atomic E-state index is -0.576. The van der Waals surface area contributed by atoms with E-state index < -0.39 is 5.41 Å². The third-order valence-corrected chi connectivity index (χ3v) is 5.85. The number of ether oxygens (including phenoxy) is 1. The summed E-state index contributed by atoms with van der Waals surface area (Å²) < 4.78 is 5.39. The van der Waals surface area contributed by atoms with E-state index in [1.165, 1.54) is 0 Å². The molecule has 9 heteroatoms. The second-order valence-electron chi connectivity index (χ2n) is 7.49. The molecule has 3 aromatic rings. The second kappa shape index (κ2) is 8.86. The molecule has 4 rings (SSSR count). The molecule has 2 aromatic carbocycles. The van der Waals surface area contributed by atoms with Crippen molar-refractivity contribution in [2.24, 2.45) is 16.8 Å². The third-order valence-electron chi connectivity index (χ3n) is 5.61. The number of amides is 1. The first-order valence-electron chi connectivity index (χ1n) is 9.98. The van der Waals surface area contributed by atoms with Gasteiger partial charge in [0.1, 0.15) is 0 Å². The zero-order chi connectivity index (χ0) is 22.7. The van der Waals surface area contributed by atoms with Crippen molar-refractivity contribution in [1.29, 1.82) is 0 Å². The van der Waals surface area contributed by atoms with Crippen LogP contribution in [0.25, 0.3) is 11.1 Å². The summed E-state index contributed by atoms with van der Waals surface area (Å²) in [6, 6.07) is 16.5. The highest BCUT2D eigenvalue weighted by Gasteiger charge is 2.51. The Hall–Kier alpha value is -3.62. The smallest absolute Gasteiger partial charge is 0.235 e. The predicted octanol–water partition coefficient (Wildman–Crippen LogP) is 3.16. The lowest BCUT2D eigenvalue weighted by Gasteiger charge is -2.18. The molecule has 0 radical (unpaired) electrons. The van der Waals surface area contributed by atoms with Crippen molar-refractivity contribution in [2.75, 3.05) is 12.4 Å². The van der Waals surface area contributed by atoms with Crippen molar-refractivity contribution in [3.05, 3.63) is 76.9 Å². The van der Waals surface area contributed by atoms with Gasteiger partial charge in [-0.25, -0.2) is 10.8 Å². The number of hydrogen-bond donors (Lipinski definition) is 4. The van der Waals surface area contributed by atoms with Crippen LogP contribution in [0.1, 0.15) is 24.0 Å². The van der Waals surface area contributed by atoms with Gasteiger partial charge in [-0.05, 0) is 60.4 Å². The van der Waals surface area contributed by atoms with Crippen LogP contribution in [0.3, 0.4) is 0 Å². The summed E-state index contributed by atoms with van der Waals surface area (Å²) in [6.07, 6.45) is 3.16. The number of anilines is 1. The maximum absolute atomic E-state index is 13.2. The number of benzene rings is 2. The Morgan fingerprint density at radius 3 is 2.62 bits per heavy atom. The summed E-state index contributed by atoms with van der Waals surface area (Å²) in [7, 11) is 1.55. The molecule has 1 heterocycles. The Balaban J connectivity index is 1.70. The molecule has 6 N–H and O–H groups in total. The highest BCUT2D eigenvalue weighted by atomic mass is 35.5. The molecule has 0 bridgehead atoms. The summed E-state index contributed by atoms with van der Waals surface area (Å²) in [5.41, 5.74) is 5.49. The molecule has 1 aliphatic carbocycles. The first kappa shape index (κ1) is 21.6. The van der Waals surface area contributed by atoms with Gasteiger partial charge in [0.25, 0.3) is 0 Å². The molecule has 0 saturated heterocycles. The van der Waals surface area contributed by atoms with E-state index in [0.717, 1.165) is 29.5 Å². The number of carbonyl (C=O) groups is 1. The molecule has 1 aliphatic rings. The van der Waals surface area contributed by atoms with Crippen LogP contribution >= 0.6 is 11.6 Å². The molecule has 8 nitrogen and oxygen atoms in total. The van der Waals surface area contributed by atoms with Gasteiger partial charge in [-0.15, -0.1) is 0 Å². The highest BCUT2D eigenvalue weighted by Crippen LogP contribution is 2.49. The number of hydrazine groups is 1. The van der Waals surface area contributed by atoms with Gasteiger partial charge in [-0.1, -0.05) is 29.8 Å². The van der Waals surface area contributed by atoms with Gasteiger partial charge in [-0.2, -0.15) is 5.10 Å². The lowest BCUT2D eigenvalue weighted by Crippen LogP contribution is -2.33. The van der Waals surface area contributed by atoms with Crippen LogP contribution in [-0.2, 0) is 10.2 Å². The maximum atomic E-state index is 13.2. The molecule has 1 aromatic heterocycles. The van der Waals surface area contributed by atoms with Crippen molar-refractivity contribution < 1.29 is 9.53 Å². The molecule has 0 spiro atoms. The van der Waals surface area contributed by atoms with Crippen LogP contribution < -0.4 is 27.2 Å². The number of nitrogens with one attached hydrogen (secondary N) is 2. The van der Waals surface area contributed by atoms with Crippen molar-refractivity contribution in [3.63, 3.8) is 0 Å². The third kappa shape index (κ3) is 3.98. The Kier molecular flexibility index (Phi) is 5.98. The Bertz CT molecular complexity index is 1190. The fraction of sp³-hybridized carbons (Fsp3) is 0.174. The van der Waals surface area contributed by atoms with Crippen molar-refractivity contribution in [3.8, 4) is 17.0 Å². The number of nitrogens with two attached hydrogens (primary N) is 2. The molecule has 164 valence electrons. The standard InChI is InChI=1S/C23H23ClN6O2/c1-32-21-18(6-3-11-27-21)17-8-7-16(13-19(17)20(29-25)30-26)28-22(31)23(9-10-23)14-4-2-5-15(24)12-14/h2-8,11-13H,9-10,25-26H2,1H3,(H,28,31)(H,29,30). The average molecular weight is 451 g/mol. The fourth-order valence-corrected chi connectivity index (χ4v) is 3.99. The predicted molar refractivity (Wildman–Crippen MR) is 125 cm³/mol. The number of hydrogen-bond acceptors (Lipinski definition) is 6. The molecule has 32 heavy (non-hydrogen) atoms. The van der Waals surface area contributed by atoms with Gasteiger partial charge < -0.3 is 21.3 Å². The molecular weight excluding hydrogens is 428 g/mol. The van der Waals surface area contributed by atoms with E-state index in [-0.39, 0.29) is 11.7 Å². The highest BCUT2D eigenvalue weighted by molar-refractivity contribution is 6.30. The van der Waals surface area contributed by atoms with E-state index in [0.29, 0.717) is 22.2 Å². The first-order chi connectivity index (χ1) is 15.5. The van der Waals surface area contributed by atoms with Crippen molar-refractivity contribution in [1.82, 2.24) is 10.4 Å². The lowest BCUT2D eigenvalue weighted by molar-refractivity contribution is -0.118. The second-order valence-corrected chi connectivity index (χ2v) is 7.93. The number of pyridine rings is 1. The Morgan fingerprint density at radius 2 is 1.97 bits per heavy atom. The summed E-state index contributed by atoms with van der Waals surface area (Å²) in [6.45, 7) is 0. The number of halogens is 1. The number of amidine groups is 1. The monoisotopic (exact) mass is 450 g/mol. The molecule has 1 fully saturated rings. The average Bonchev–Trinajstić information content (AvgIpc) is 3.62. The summed E-state index contributed by atoms with van der Waals surface area (Å²) in [5, 5.41) is 7.38. The van der Waals surface area contributed by atoms with Gasteiger partial charge in [0.2, 0.25) is 11.8 Å². The van der Waals surface area contributed by atoms with Crippen LogP contribution in [0.2, 0.25) is 5.02 Å². The topological polar surface area (TPSA) is 128 Å². The number of nitrogens with zero attached hydrogens (tertiary/aromatic N) is 2. The summed E-state index contributed by atoms with van der Waals surface area (Å²) in [5.74, 6) is 11.8. The van der Waals surface area contributed by atoms with Gasteiger partial charge in [0.05, 0.1) is 12.5 Å². The van der Waals surface area contributed by atoms with E-state index in [1.54, 1.807) is 31.5 Å². The van der Waals surface area contributed by atoms with Crippen LogP contribution in [-0.4, -0.2) is 23.8 Å². The first-order valence-corrected chi connectivity index (χ1v) is 10.4. The zero-order valence-corrected chi connectivity index (χ0v) is 18.2. The van der Waals surface area contributed by atoms with Gasteiger partial charge in [-0.3, -0.25) is 4.79 Å².